The third-order valence-corrected chi connectivity index (χ3v) is 7.81. The van der Waals surface area contributed by atoms with Gasteiger partial charge in [0.15, 0.2) is 5.82 Å². The quantitative estimate of drug-likeness (QED) is 0.468. The maximum absolute atomic E-state index is 12.9. The van der Waals surface area contributed by atoms with Gasteiger partial charge >= 0.3 is 0 Å². The zero-order valence-corrected chi connectivity index (χ0v) is 19.0. The smallest absolute Gasteiger partial charge is 0.293 e. The Morgan fingerprint density at radius 2 is 1.91 bits per heavy atom. The van der Waals surface area contributed by atoms with Gasteiger partial charge in [0.2, 0.25) is 15.9 Å². The van der Waals surface area contributed by atoms with Crippen molar-refractivity contribution in [1.29, 1.82) is 0 Å². The molecule has 13 heteroatoms. The Balaban J connectivity index is 1.46. The number of carbonyl (C=O) groups is 1. The fourth-order valence-electron chi connectivity index (χ4n) is 4.11. The van der Waals surface area contributed by atoms with Gasteiger partial charge in [-0.3, -0.25) is 20.0 Å². The molecule has 2 N–H and O–H groups in total. The van der Waals surface area contributed by atoms with E-state index in [0.717, 1.165) is 11.8 Å². The van der Waals surface area contributed by atoms with Gasteiger partial charge in [0, 0.05) is 49.9 Å². The van der Waals surface area contributed by atoms with E-state index in [1.807, 2.05) is 11.8 Å². The SMILES string of the molecule is Cc1cc(NC(=O)C2CCN(c3ccc(S(=O)(=O)N4CCOCC4)cc3[N+](=O)[O-])CC2)n[nH]1. The molecule has 2 fully saturated rings. The molecule has 0 unspecified atom stereocenters. The highest BCUT2D eigenvalue weighted by atomic mass is 32.2. The summed E-state index contributed by atoms with van der Waals surface area (Å²) in [6, 6.07) is 5.76. The first kappa shape index (κ1) is 23.1. The van der Waals surface area contributed by atoms with Gasteiger partial charge in [-0.15, -0.1) is 0 Å². The lowest BCUT2D eigenvalue weighted by atomic mass is 9.95. The predicted molar refractivity (Wildman–Crippen MR) is 120 cm³/mol. The minimum atomic E-state index is -3.84. The minimum absolute atomic E-state index is 0.108. The van der Waals surface area contributed by atoms with Crippen LogP contribution in [0.3, 0.4) is 0 Å². The van der Waals surface area contributed by atoms with Gasteiger partial charge in [-0.2, -0.15) is 9.40 Å². The number of ether oxygens (including phenoxy) is 1. The van der Waals surface area contributed by atoms with Gasteiger partial charge in [0.25, 0.3) is 5.69 Å². The molecule has 0 saturated carbocycles. The van der Waals surface area contributed by atoms with Gasteiger partial charge in [0.05, 0.1) is 23.0 Å². The molecule has 12 nitrogen and oxygen atoms in total. The largest absolute Gasteiger partial charge is 0.379 e. The molecule has 0 bridgehead atoms. The molecule has 4 rings (SSSR count). The van der Waals surface area contributed by atoms with E-state index in [0.29, 0.717) is 50.7 Å². The van der Waals surface area contributed by atoms with E-state index >= 15 is 0 Å². The van der Waals surface area contributed by atoms with Crippen LogP contribution in [-0.4, -0.2) is 73.1 Å². The first-order chi connectivity index (χ1) is 15.8. The average molecular weight is 479 g/mol. The zero-order chi connectivity index (χ0) is 23.6. The molecular weight excluding hydrogens is 452 g/mol. The van der Waals surface area contributed by atoms with Crippen LogP contribution in [-0.2, 0) is 19.6 Å². The molecule has 0 atom stereocenters. The third kappa shape index (κ3) is 4.99. The molecule has 2 aromatic rings. The van der Waals surface area contributed by atoms with Crippen molar-refractivity contribution >= 4 is 33.1 Å². The van der Waals surface area contributed by atoms with Crippen molar-refractivity contribution in [2.24, 2.45) is 5.92 Å². The number of anilines is 2. The number of sulfonamides is 1. The van der Waals surface area contributed by atoms with Crippen molar-refractivity contribution in [2.75, 3.05) is 49.6 Å². The monoisotopic (exact) mass is 478 g/mol. The second-order valence-corrected chi connectivity index (χ2v) is 10.0. The highest BCUT2D eigenvalue weighted by molar-refractivity contribution is 7.89. The number of H-pyrrole nitrogens is 1. The van der Waals surface area contributed by atoms with E-state index in [-0.39, 0.29) is 35.5 Å². The van der Waals surface area contributed by atoms with E-state index in [4.69, 9.17) is 4.74 Å². The summed E-state index contributed by atoms with van der Waals surface area (Å²) in [5.74, 6) is 0.0912. The first-order valence-corrected chi connectivity index (χ1v) is 12.1. The van der Waals surface area contributed by atoms with Crippen LogP contribution in [0.2, 0.25) is 0 Å². The Bertz CT molecular complexity index is 1140. The van der Waals surface area contributed by atoms with Gasteiger partial charge in [0.1, 0.15) is 5.69 Å². The minimum Gasteiger partial charge on any atom is -0.379 e. The number of aromatic nitrogens is 2. The van der Waals surface area contributed by atoms with Crippen LogP contribution in [0.25, 0.3) is 0 Å². The lowest BCUT2D eigenvalue weighted by molar-refractivity contribution is -0.384. The number of nitrogens with one attached hydrogen (secondary N) is 2. The molecule has 1 aromatic carbocycles. The lowest BCUT2D eigenvalue weighted by Crippen LogP contribution is -2.40. The summed E-state index contributed by atoms with van der Waals surface area (Å²) >= 11 is 0. The van der Waals surface area contributed by atoms with Crippen LogP contribution in [0, 0.1) is 23.0 Å². The molecule has 33 heavy (non-hydrogen) atoms. The molecule has 0 aliphatic carbocycles. The van der Waals surface area contributed by atoms with E-state index < -0.39 is 14.9 Å². The summed E-state index contributed by atoms with van der Waals surface area (Å²) in [4.78, 5) is 25.5. The van der Waals surface area contributed by atoms with E-state index in [2.05, 4.69) is 15.5 Å². The van der Waals surface area contributed by atoms with Crippen LogP contribution in [0.15, 0.2) is 29.2 Å². The molecule has 178 valence electrons. The van der Waals surface area contributed by atoms with Crippen LogP contribution in [0.1, 0.15) is 18.5 Å². The fraction of sp³-hybridized carbons (Fsp3) is 0.500. The van der Waals surface area contributed by atoms with Crippen molar-refractivity contribution in [3.8, 4) is 0 Å². The standard InChI is InChI=1S/C20H26N6O6S/c1-14-12-19(23-22-14)21-20(27)15-4-6-24(7-5-15)17-3-2-16(13-18(17)26(28)29)33(30,31)25-8-10-32-11-9-25/h2-3,12-13,15H,4-11H2,1H3,(H2,21,22,23,27). The second kappa shape index (κ2) is 9.45. The molecule has 0 radical (unpaired) electrons. The number of morpholine rings is 1. The number of nitrogens with zero attached hydrogens (tertiary/aromatic N) is 4. The Morgan fingerprint density at radius 3 is 2.52 bits per heavy atom. The molecule has 2 saturated heterocycles. The maximum Gasteiger partial charge on any atom is 0.293 e. The number of hydrogen-bond acceptors (Lipinski definition) is 8. The second-order valence-electron chi connectivity index (χ2n) is 8.11. The van der Waals surface area contributed by atoms with Crippen LogP contribution >= 0.6 is 0 Å². The molecule has 0 spiro atoms. The topological polar surface area (TPSA) is 151 Å². The van der Waals surface area contributed by atoms with Crippen molar-refractivity contribution in [3.63, 3.8) is 0 Å². The number of benzene rings is 1. The number of rotatable bonds is 6. The third-order valence-electron chi connectivity index (χ3n) is 5.92. The summed E-state index contributed by atoms with van der Waals surface area (Å²) in [6.45, 7) is 3.73. The van der Waals surface area contributed by atoms with Crippen LogP contribution in [0.4, 0.5) is 17.2 Å². The van der Waals surface area contributed by atoms with E-state index in [1.165, 1.54) is 16.4 Å². The summed E-state index contributed by atoms with van der Waals surface area (Å²) in [5.41, 5.74) is 0.924. The Kier molecular flexibility index (Phi) is 6.63. The molecule has 2 aliphatic heterocycles. The van der Waals surface area contributed by atoms with Crippen LogP contribution < -0.4 is 10.2 Å². The molecule has 2 aliphatic rings. The molecular formula is C20H26N6O6S. The van der Waals surface area contributed by atoms with Crippen molar-refractivity contribution < 1.29 is 22.9 Å². The Morgan fingerprint density at radius 1 is 1.21 bits per heavy atom. The Labute approximate surface area is 191 Å². The maximum atomic E-state index is 12.9. The Hall–Kier alpha value is -3.03. The molecule has 1 aromatic heterocycles. The van der Waals surface area contributed by atoms with Gasteiger partial charge in [-0.1, -0.05) is 0 Å². The number of nitro groups is 1. The number of hydrogen-bond donors (Lipinski definition) is 2. The fourth-order valence-corrected chi connectivity index (χ4v) is 5.53. The summed E-state index contributed by atoms with van der Waals surface area (Å²) < 4.78 is 32.3. The average Bonchev–Trinajstić information content (AvgIpc) is 3.23. The molecule has 1 amide bonds. The summed E-state index contributed by atoms with van der Waals surface area (Å²) in [5, 5.41) is 21.3. The highest BCUT2D eigenvalue weighted by Gasteiger charge is 2.32. The predicted octanol–water partition coefficient (Wildman–Crippen LogP) is 1.50. The summed E-state index contributed by atoms with van der Waals surface area (Å²) in [6.07, 6.45) is 1.03. The number of nitro benzene ring substituents is 1. The number of aryl methyl sites for hydroxylation is 1. The van der Waals surface area contributed by atoms with Crippen LogP contribution in [0.5, 0.6) is 0 Å². The normalized spacial score (nSPS) is 18.3. The molecule has 3 heterocycles. The van der Waals surface area contributed by atoms with Crippen molar-refractivity contribution in [1.82, 2.24) is 14.5 Å². The zero-order valence-electron chi connectivity index (χ0n) is 18.2. The number of amides is 1. The number of aromatic amines is 1. The number of piperidine rings is 1. The van der Waals surface area contributed by atoms with Gasteiger partial charge in [-0.25, -0.2) is 8.42 Å². The first-order valence-electron chi connectivity index (χ1n) is 10.7. The van der Waals surface area contributed by atoms with Gasteiger partial charge in [-0.05, 0) is 31.9 Å². The van der Waals surface area contributed by atoms with E-state index in [1.54, 1.807) is 6.07 Å². The summed E-state index contributed by atoms with van der Waals surface area (Å²) in [7, 11) is -3.84. The number of carbonyl (C=O) groups excluding carboxylic acids is 1. The lowest BCUT2D eigenvalue weighted by Gasteiger charge is -2.32. The van der Waals surface area contributed by atoms with Crippen molar-refractivity contribution in [3.05, 3.63) is 40.1 Å². The van der Waals surface area contributed by atoms with Gasteiger partial charge < -0.3 is 15.0 Å². The van der Waals surface area contributed by atoms with E-state index in [9.17, 15) is 23.3 Å². The van der Waals surface area contributed by atoms with Crippen molar-refractivity contribution in [2.45, 2.75) is 24.7 Å². The highest BCUT2D eigenvalue weighted by Crippen LogP contribution is 2.34.